The molecule has 1 amide bonds. The van der Waals surface area contributed by atoms with E-state index < -0.39 is 11.3 Å². The van der Waals surface area contributed by atoms with Gasteiger partial charge in [0.1, 0.15) is 17.7 Å². The van der Waals surface area contributed by atoms with E-state index in [1.165, 1.54) is 11.1 Å². The molecule has 2 aromatic heterocycles. The molecule has 0 radical (unpaired) electrons. The summed E-state index contributed by atoms with van der Waals surface area (Å²) in [5.74, 6) is 0.526. The molecule has 0 bridgehead atoms. The smallest absolute Gasteiger partial charge is 0.236 e. The first kappa shape index (κ1) is 20.8. The monoisotopic (exact) mass is 430 g/mol. The predicted molar refractivity (Wildman–Crippen MR) is 120 cm³/mol. The molecule has 3 aromatic rings. The van der Waals surface area contributed by atoms with Crippen LogP contribution in [0.4, 0.5) is 0 Å². The van der Waals surface area contributed by atoms with Crippen LogP contribution in [0.2, 0.25) is 0 Å². The lowest BCUT2D eigenvalue weighted by atomic mass is 9.67. The van der Waals surface area contributed by atoms with Crippen LogP contribution in [0.1, 0.15) is 35.3 Å². The molecule has 1 aliphatic heterocycles. The van der Waals surface area contributed by atoms with E-state index in [0.717, 1.165) is 27.3 Å². The van der Waals surface area contributed by atoms with Gasteiger partial charge in [0, 0.05) is 41.7 Å². The second-order valence-electron chi connectivity index (χ2n) is 7.92. The highest BCUT2D eigenvalue weighted by Crippen LogP contribution is 2.49. The number of ether oxygens (including phenoxy) is 1. The summed E-state index contributed by atoms with van der Waals surface area (Å²) in [7, 11) is 3.28. The highest BCUT2D eigenvalue weighted by molar-refractivity contribution is 7.10. The average Bonchev–Trinajstić information content (AvgIpc) is 3.29. The van der Waals surface area contributed by atoms with Gasteiger partial charge in [-0.05, 0) is 40.8 Å². The van der Waals surface area contributed by atoms with Crippen LogP contribution in [0, 0.1) is 16.7 Å². The van der Waals surface area contributed by atoms with Crippen molar-refractivity contribution in [3.63, 3.8) is 0 Å². The molecule has 1 aromatic carbocycles. The van der Waals surface area contributed by atoms with Gasteiger partial charge in [-0.2, -0.15) is 5.26 Å². The van der Waals surface area contributed by atoms with Gasteiger partial charge in [0.15, 0.2) is 0 Å². The average molecular weight is 431 g/mol. The number of amides is 1. The predicted octanol–water partition coefficient (Wildman–Crippen LogP) is 4.57. The number of hydrogen-bond acceptors (Lipinski definition) is 6. The molecule has 0 saturated carbocycles. The van der Waals surface area contributed by atoms with Crippen molar-refractivity contribution in [1.82, 2.24) is 9.88 Å². The maximum absolute atomic E-state index is 13.4. The molecule has 0 unspecified atom stereocenters. The van der Waals surface area contributed by atoms with Crippen LogP contribution in [0.3, 0.4) is 0 Å². The quantitative estimate of drug-likeness (QED) is 0.656. The molecule has 1 aliphatic rings. The van der Waals surface area contributed by atoms with Crippen molar-refractivity contribution in [3.05, 3.63) is 70.2 Å². The summed E-state index contributed by atoms with van der Waals surface area (Å²) in [6, 6.07) is 13.6. The number of rotatable bonds is 4. The first-order chi connectivity index (χ1) is 14.9. The van der Waals surface area contributed by atoms with Gasteiger partial charge in [-0.1, -0.05) is 19.1 Å². The zero-order valence-corrected chi connectivity index (χ0v) is 18.4. The van der Waals surface area contributed by atoms with E-state index in [2.05, 4.69) is 24.0 Å². The Kier molecular flexibility index (Phi) is 5.34. The molecule has 1 N–H and O–H groups in total. The van der Waals surface area contributed by atoms with E-state index in [1.54, 1.807) is 31.7 Å². The second-order valence-corrected chi connectivity index (χ2v) is 8.83. The lowest BCUT2D eigenvalue weighted by Gasteiger charge is -2.44. The normalized spacial score (nSPS) is 21.1. The SMILES string of the molecule is COc1ccc([C@@H]2C(=O)N(C)C(=N)C[C@]2(C)c2cc(-c3cncc(C#N)c3)cs2)cc1. The summed E-state index contributed by atoms with van der Waals surface area (Å²) in [4.78, 5) is 20.0. The fourth-order valence-corrected chi connectivity index (χ4v) is 5.26. The van der Waals surface area contributed by atoms with Gasteiger partial charge in [-0.25, -0.2) is 0 Å². The van der Waals surface area contributed by atoms with Gasteiger partial charge in [-0.3, -0.25) is 15.2 Å². The number of amidine groups is 1. The number of piperidine rings is 1. The molecule has 7 heteroatoms. The molecule has 4 rings (SSSR count). The van der Waals surface area contributed by atoms with Gasteiger partial charge in [0.2, 0.25) is 5.91 Å². The van der Waals surface area contributed by atoms with Gasteiger partial charge < -0.3 is 9.64 Å². The summed E-state index contributed by atoms with van der Waals surface area (Å²) in [6.45, 7) is 2.06. The minimum atomic E-state index is -0.571. The summed E-state index contributed by atoms with van der Waals surface area (Å²) in [5, 5.41) is 19.6. The number of carbonyl (C=O) groups excluding carboxylic acids is 1. The zero-order chi connectivity index (χ0) is 22.2. The number of benzene rings is 1. The minimum absolute atomic E-state index is 0.0907. The number of nitriles is 1. The van der Waals surface area contributed by atoms with E-state index >= 15 is 0 Å². The topological polar surface area (TPSA) is 90.1 Å². The Morgan fingerprint density at radius 1 is 1.26 bits per heavy atom. The third kappa shape index (κ3) is 3.60. The van der Waals surface area contributed by atoms with Crippen molar-refractivity contribution in [1.29, 1.82) is 10.7 Å². The summed E-state index contributed by atoms with van der Waals surface area (Å²) in [5.41, 5.74) is 2.65. The fraction of sp³-hybridized carbons (Fsp3) is 0.250. The minimum Gasteiger partial charge on any atom is -0.497 e. The van der Waals surface area contributed by atoms with Crippen molar-refractivity contribution in [2.45, 2.75) is 24.7 Å². The van der Waals surface area contributed by atoms with E-state index in [9.17, 15) is 10.1 Å². The number of likely N-dealkylation sites (N-methyl/N-ethyl adjacent to an activating group) is 1. The van der Waals surface area contributed by atoms with E-state index in [4.69, 9.17) is 10.1 Å². The second kappa shape index (κ2) is 7.97. The van der Waals surface area contributed by atoms with Crippen molar-refractivity contribution < 1.29 is 9.53 Å². The molecule has 156 valence electrons. The Morgan fingerprint density at radius 2 is 2.00 bits per heavy atom. The Hall–Kier alpha value is -3.50. The van der Waals surface area contributed by atoms with Crippen molar-refractivity contribution in [3.8, 4) is 22.9 Å². The summed E-state index contributed by atoms with van der Waals surface area (Å²) in [6.07, 6.45) is 3.72. The molecular weight excluding hydrogens is 408 g/mol. The van der Waals surface area contributed by atoms with Crippen LogP contribution >= 0.6 is 11.3 Å². The number of pyridine rings is 1. The molecule has 0 spiro atoms. The van der Waals surface area contributed by atoms with Crippen LogP contribution < -0.4 is 4.74 Å². The van der Waals surface area contributed by atoms with Gasteiger partial charge >= 0.3 is 0 Å². The maximum atomic E-state index is 13.4. The lowest BCUT2D eigenvalue weighted by Crippen LogP contribution is -2.51. The van der Waals surface area contributed by atoms with Crippen LogP contribution in [-0.4, -0.2) is 35.8 Å². The third-order valence-electron chi connectivity index (χ3n) is 5.97. The Bertz CT molecular complexity index is 1190. The molecule has 1 fully saturated rings. The number of nitrogens with one attached hydrogen (secondary N) is 1. The van der Waals surface area contributed by atoms with E-state index in [1.807, 2.05) is 35.7 Å². The number of nitrogens with zero attached hydrogens (tertiary/aromatic N) is 3. The van der Waals surface area contributed by atoms with Crippen molar-refractivity contribution in [2.24, 2.45) is 0 Å². The first-order valence-corrected chi connectivity index (χ1v) is 10.7. The number of aromatic nitrogens is 1. The largest absolute Gasteiger partial charge is 0.497 e. The summed E-state index contributed by atoms with van der Waals surface area (Å²) < 4.78 is 5.27. The number of methoxy groups -OCH3 is 1. The molecular formula is C24H22N4O2S. The number of hydrogen-bond donors (Lipinski definition) is 1. The molecule has 6 nitrogen and oxygen atoms in total. The van der Waals surface area contributed by atoms with E-state index in [0.29, 0.717) is 17.8 Å². The fourth-order valence-electron chi connectivity index (χ4n) is 4.15. The molecule has 0 aliphatic carbocycles. The van der Waals surface area contributed by atoms with Gasteiger partial charge in [0.05, 0.1) is 18.6 Å². The van der Waals surface area contributed by atoms with Crippen LogP contribution in [0.25, 0.3) is 11.1 Å². The Labute approximate surface area is 185 Å². The van der Waals surface area contributed by atoms with Crippen LogP contribution in [0.5, 0.6) is 5.75 Å². The highest BCUT2D eigenvalue weighted by Gasteiger charge is 2.49. The van der Waals surface area contributed by atoms with Crippen LogP contribution in [0.15, 0.2) is 54.2 Å². The number of carbonyl (C=O) groups is 1. The van der Waals surface area contributed by atoms with Crippen molar-refractivity contribution >= 4 is 23.1 Å². The third-order valence-corrected chi connectivity index (χ3v) is 7.18. The van der Waals surface area contributed by atoms with Gasteiger partial charge in [0.25, 0.3) is 0 Å². The molecule has 2 atom stereocenters. The van der Waals surface area contributed by atoms with Crippen LogP contribution in [-0.2, 0) is 10.2 Å². The Morgan fingerprint density at radius 3 is 2.68 bits per heavy atom. The number of likely N-dealkylation sites (tertiary alicyclic amines) is 1. The molecule has 1 saturated heterocycles. The molecule has 3 heterocycles. The molecule has 31 heavy (non-hydrogen) atoms. The van der Waals surface area contributed by atoms with Crippen molar-refractivity contribution in [2.75, 3.05) is 14.2 Å². The number of thiophene rings is 1. The standard InChI is InChI=1S/C24H22N4O2S/c1-24(20-9-18(14-31-20)17-8-15(11-25)12-27-13-17)10-21(26)28(2)23(29)22(24)16-4-6-19(30-3)7-5-16/h4-9,12-14,22,26H,10H2,1-3H3/t22-,24-/m1/s1. The van der Waals surface area contributed by atoms with E-state index in [-0.39, 0.29) is 5.91 Å². The first-order valence-electron chi connectivity index (χ1n) is 9.81. The van der Waals surface area contributed by atoms with Gasteiger partial charge in [-0.15, -0.1) is 11.3 Å². The lowest BCUT2D eigenvalue weighted by molar-refractivity contribution is -0.131. The zero-order valence-electron chi connectivity index (χ0n) is 17.5. The maximum Gasteiger partial charge on any atom is 0.236 e. The highest BCUT2D eigenvalue weighted by atomic mass is 32.1. The Balaban J connectivity index is 1.79. The summed E-state index contributed by atoms with van der Waals surface area (Å²) >= 11 is 1.57.